The van der Waals surface area contributed by atoms with Crippen LogP contribution in [0.15, 0.2) is 59.5 Å². The van der Waals surface area contributed by atoms with Crippen molar-refractivity contribution in [3.05, 3.63) is 70.9 Å². The van der Waals surface area contributed by atoms with Crippen LogP contribution in [0.1, 0.15) is 18.5 Å². The topological polar surface area (TPSA) is 102 Å². The Labute approximate surface area is 173 Å². The summed E-state index contributed by atoms with van der Waals surface area (Å²) in [6.45, 7) is 1.47. The highest BCUT2D eigenvalue weighted by Crippen LogP contribution is 2.33. The van der Waals surface area contributed by atoms with Gasteiger partial charge in [0, 0.05) is 29.2 Å². The van der Waals surface area contributed by atoms with Gasteiger partial charge in [-0.15, -0.1) is 0 Å². The number of aromatic nitrogens is 3. The van der Waals surface area contributed by atoms with Crippen LogP contribution in [0.3, 0.4) is 0 Å². The molecule has 4 aromatic rings. The molecular weight excluding hydrogens is 378 g/mol. The molecule has 7 heteroatoms. The number of hydrogen-bond donors (Lipinski definition) is 2. The molecule has 0 unspecified atom stereocenters. The zero-order chi connectivity index (χ0) is 21.1. The number of fused-ring (bicyclic) bond motifs is 1. The standard InChI is InChI=1S/C23H23N5O2/c1-30-17-10-8-16(9-11-17)28-22(20(14-25)26-23(28)29)19-15-27(13-5-4-12-24)21-7-3-2-6-18(19)21/h2-3,6-11,15H,4-5,12-13,24H2,1H3,(H,26,29). The number of para-hydroxylation sites is 1. The summed E-state index contributed by atoms with van der Waals surface area (Å²) in [6.07, 6.45) is 3.91. The largest absolute Gasteiger partial charge is 0.497 e. The number of nitrogens with one attached hydrogen (secondary N) is 1. The van der Waals surface area contributed by atoms with Crippen molar-refractivity contribution in [2.75, 3.05) is 13.7 Å². The van der Waals surface area contributed by atoms with Gasteiger partial charge >= 0.3 is 5.69 Å². The van der Waals surface area contributed by atoms with Crippen LogP contribution in [-0.2, 0) is 6.54 Å². The van der Waals surface area contributed by atoms with Gasteiger partial charge in [-0.2, -0.15) is 5.26 Å². The Morgan fingerprint density at radius 2 is 1.90 bits per heavy atom. The van der Waals surface area contributed by atoms with Crippen molar-refractivity contribution in [2.24, 2.45) is 5.73 Å². The molecule has 30 heavy (non-hydrogen) atoms. The third-order valence-electron chi connectivity index (χ3n) is 5.23. The number of nitriles is 1. The lowest BCUT2D eigenvalue weighted by molar-refractivity contribution is 0.414. The summed E-state index contributed by atoms with van der Waals surface area (Å²) in [5, 5.41) is 10.7. The van der Waals surface area contributed by atoms with E-state index in [2.05, 4.69) is 21.7 Å². The first-order valence-corrected chi connectivity index (χ1v) is 9.85. The van der Waals surface area contributed by atoms with E-state index in [1.807, 2.05) is 24.4 Å². The zero-order valence-electron chi connectivity index (χ0n) is 16.8. The van der Waals surface area contributed by atoms with E-state index in [0.717, 1.165) is 35.9 Å². The smallest absolute Gasteiger partial charge is 0.331 e. The average Bonchev–Trinajstić information content (AvgIpc) is 3.31. The maximum atomic E-state index is 12.8. The molecule has 0 fully saturated rings. The minimum atomic E-state index is -0.355. The molecule has 0 atom stereocenters. The summed E-state index contributed by atoms with van der Waals surface area (Å²) in [5.41, 5.74) is 8.65. The summed E-state index contributed by atoms with van der Waals surface area (Å²) in [4.78, 5) is 15.5. The molecule has 7 nitrogen and oxygen atoms in total. The molecule has 3 N–H and O–H groups in total. The van der Waals surface area contributed by atoms with Gasteiger partial charge in [-0.3, -0.25) is 9.55 Å². The number of nitrogens with two attached hydrogens (primary N) is 1. The van der Waals surface area contributed by atoms with Gasteiger partial charge in [-0.1, -0.05) is 18.2 Å². The summed E-state index contributed by atoms with van der Waals surface area (Å²) in [6, 6.07) is 17.4. The quantitative estimate of drug-likeness (QED) is 0.463. The molecule has 0 aliphatic heterocycles. The van der Waals surface area contributed by atoms with Gasteiger partial charge < -0.3 is 15.0 Å². The van der Waals surface area contributed by atoms with E-state index in [4.69, 9.17) is 10.5 Å². The Hall–Kier alpha value is -3.76. The number of nitrogens with zero attached hydrogens (tertiary/aromatic N) is 3. The van der Waals surface area contributed by atoms with Crippen molar-refractivity contribution in [1.82, 2.24) is 14.1 Å². The van der Waals surface area contributed by atoms with Gasteiger partial charge in [0.2, 0.25) is 0 Å². The second-order valence-corrected chi connectivity index (χ2v) is 7.05. The lowest BCUT2D eigenvalue weighted by Crippen LogP contribution is -2.15. The number of benzene rings is 2. The fraction of sp³-hybridized carbons (Fsp3) is 0.217. The maximum absolute atomic E-state index is 12.8. The molecule has 2 aromatic carbocycles. The van der Waals surface area contributed by atoms with E-state index in [1.165, 1.54) is 0 Å². The predicted molar refractivity (Wildman–Crippen MR) is 117 cm³/mol. The van der Waals surface area contributed by atoms with Gasteiger partial charge in [0.05, 0.1) is 18.5 Å². The number of ether oxygens (including phenoxy) is 1. The van der Waals surface area contributed by atoms with Crippen LogP contribution in [0.25, 0.3) is 27.8 Å². The van der Waals surface area contributed by atoms with E-state index >= 15 is 0 Å². The molecule has 152 valence electrons. The monoisotopic (exact) mass is 401 g/mol. The first-order valence-electron chi connectivity index (χ1n) is 9.85. The van der Waals surface area contributed by atoms with Crippen LogP contribution in [0.2, 0.25) is 0 Å². The second kappa shape index (κ2) is 8.31. The highest BCUT2D eigenvalue weighted by Gasteiger charge is 2.21. The third kappa shape index (κ3) is 3.38. The first-order chi connectivity index (χ1) is 14.7. The zero-order valence-corrected chi connectivity index (χ0v) is 16.8. The maximum Gasteiger partial charge on any atom is 0.331 e. The Bertz CT molecular complexity index is 1270. The lowest BCUT2D eigenvalue weighted by Gasteiger charge is -2.08. The van der Waals surface area contributed by atoms with E-state index in [9.17, 15) is 10.1 Å². The molecule has 2 aromatic heterocycles. The molecule has 4 rings (SSSR count). The number of rotatable bonds is 7. The molecule has 0 radical (unpaired) electrons. The van der Waals surface area contributed by atoms with Crippen molar-refractivity contribution in [3.63, 3.8) is 0 Å². The van der Waals surface area contributed by atoms with Crippen LogP contribution in [0.5, 0.6) is 5.75 Å². The second-order valence-electron chi connectivity index (χ2n) is 7.05. The van der Waals surface area contributed by atoms with Gasteiger partial charge in [0.25, 0.3) is 0 Å². The molecule has 0 saturated heterocycles. The van der Waals surface area contributed by atoms with E-state index in [0.29, 0.717) is 23.7 Å². The molecule has 2 heterocycles. The minimum Gasteiger partial charge on any atom is -0.497 e. The molecule has 0 aliphatic rings. The van der Waals surface area contributed by atoms with Crippen LogP contribution in [-0.4, -0.2) is 27.8 Å². The minimum absolute atomic E-state index is 0.237. The summed E-state index contributed by atoms with van der Waals surface area (Å²) in [7, 11) is 1.59. The van der Waals surface area contributed by atoms with Gasteiger partial charge in [0.1, 0.15) is 17.5 Å². The molecule has 0 saturated carbocycles. The van der Waals surface area contributed by atoms with E-state index in [-0.39, 0.29) is 11.4 Å². The van der Waals surface area contributed by atoms with E-state index < -0.39 is 0 Å². The van der Waals surface area contributed by atoms with Gasteiger partial charge in [0.15, 0.2) is 0 Å². The van der Waals surface area contributed by atoms with Crippen molar-refractivity contribution in [3.8, 4) is 28.8 Å². The lowest BCUT2D eigenvalue weighted by atomic mass is 10.1. The Morgan fingerprint density at radius 3 is 2.60 bits per heavy atom. The van der Waals surface area contributed by atoms with Crippen molar-refractivity contribution >= 4 is 10.9 Å². The highest BCUT2D eigenvalue weighted by molar-refractivity contribution is 5.96. The Balaban J connectivity index is 1.93. The Kier molecular flexibility index (Phi) is 5.42. The van der Waals surface area contributed by atoms with Gasteiger partial charge in [-0.25, -0.2) is 4.79 Å². The fourth-order valence-electron chi connectivity index (χ4n) is 3.80. The molecule has 0 aliphatic carbocycles. The molecule has 0 bridgehead atoms. The van der Waals surface area contributed by atoms with Crippen molar-refractivity contribution in [1.29, 1.82) is 5.26 Å². The normalized spacial score (nSPS) is 11.0. The fourth-order valence-corrected chi connectivity index (χ4v) is 3.80. The third-order valence-corrected chi connectivity index (χ3v) is 5.23. The highest BCUT2D eigenvalue weighted by atomic mass is 16.5. The van der Waals surface area contributed by atoms with Crippen LogP contribution >= 0.6 is 0 Å². The first kappa shape index (κ1) is 19.6. The molecular formula is C23H23N5O2. The summed E-state index contributed by atoms with van der Waals surface area (Å²) < 4.78 is 8.93. The number of imidazole rings is 1. The van der Waals surface area contributed by atoms with Crippen LogP contribution in [0, 0.1) is 11.3 Å². The number of unbranched alkanes of at least 4 members (excludes halogenated alkanes) is 1. The van der Waals surface area contributed by atoms with Crippen molar-refractivity contribution in [2.45, 2.75) is 19.4 Å². The van der Waals surface area contributed by atoms with E-state index in [1.54, 1.807) is 35.9 Å². The number of methoxy groups -OCH3 is 1. The Morgan fingerprint density at radius 1 is 1.13 bits per heavy atom. The summed E-state index contributed by atoms with van der Waals surface area (Å²) in [5.74, 6) is 0.695. The number of H-pyrrole nitrogens is 1. The van der Waals surface area contributed by atoms with Crippen molar-refractivity contribution < 1.29 is 4.74 Å². The summed E-state index contributed by atoms with van der Waals surface area (Å²) >= 11 is 0. The van der Waals surface area contributed by atoms with Gasteiger partial charge in [-0.05, 0) is 49.7 Å². The SMILES string of the molecule is COc1ccc(-n2c(-c3cn(CCCCN)c4ccccc34)c(C#N)[nH]c2=O)cc1. The molecule has 0 spiro atoms. The average molecular weight is 401 g/mol. The number of aryl methyl sites for hydroxylation is 1. The molecule has 0 amide bonds. The van der Waals surface area contributed by atoms with Crippen LogP contribution < -0.4 is 16.2 Å². The number of hydrogen-bond acceptors (Lipinski definition) is 4. The number of aromatic amines is 1. The van der Waals surface area contributed by atoms with Crippen LogP contribution in [0.4, 0.5) is 0 Å². The predicted octanol–water partition coefficient (Wildman–Crippen LogP) is 3.41.